The van der Waals surface area contributed by atoms with Gasteiger partial charge in [0.15, 0.2) is 5.78 Å². The largest absolute Gasteiger partial charge is 0.379 e. The van der Waals surface area contributed by atoms with E-state index in [9.17, 15) is 20.0 Å². The van der Waals surface area contributed by atoms with E-state index >= 15 is 0 Å². The standard InChI is InChI=1S/C13H16N2O5/c1-3-13(17)8(2)20-11(6-12(13)16)9-4-5-14-7-10(9)15(18)19/h4-5,7-8,11,17H,3,6H2,1-2H3/t8-,11-,13+/m1/s1. The molecule has 0 bridgehead atoms. The second-order valence-electron chi connectivity index (χ2n) is 4.86. The Balaban J connectivity index is 2.34. The summed E-state index contributed by atoms with van der Waals surface area (Å²) in [7, 11) is 0. The molecule has 1 N–H and O–H groups in total. The molecule has 1 saturated heterocycles. The minimum absolute atomic E-state index is 0.0838. The van der Waals surface area contributed by atoms with Gasteiger partial charge in [-0.25, -0.2) is 0 Å². The third-order valence-electron chi connectivity index (χ3n) is 3.81. The molecule has 1 fully saturated rings. The van der Waals surface area contributed by atoms with Gasteiger partial charge in [0, 0.05) is 12.6 Å². The lowest BCUT2D eigenvalue weighted by Crippen LogP contribution is -2.53. The molecule has 1 aromatic heterocycles. The number of hydrogen-bond donors (Lipinski definition) is 1. The minimum atomic E-state index is -1.52. The summed E-state index contributed by atoms with van der Waals surface area (Å²) >= 11 is 0. The number of carbonyl (C=O) groups excluding carboxylic acids is 1. The average molecular weight is 280 g/mol. The molecule has 7 heteroatoms. The minimum Gasteiger partial charge on any atom is -0.379 e. The first-order valence-corrected chi connectivity index (χ1v) is 6.39. The quantitative estimate of drug-likeness (QED) is 0.665. The van der Waals surface area contributed by atoms with Crippen molar-refractivity contribution in [2.45, 2.75) is 44.5 Å². The van der Waals surface area contributed by atoms with Crippen molar-refractivity contribution in [1.82, 2.24) is 4.98 Å². The summed E-state index contributed by atoms with van der Waals surface area (Å²) in [5.41, 5.74) is -1.39. The number of nitro groups is 1. The number of pyridine rings is 1. The lowest BCUT2D eigenvalue weighted by molar-refractivity contribution is -0.386. The topological polar surface area (TPSA) is 103 Å². The third kappa shape index (κ3) is 2.30. The highest BCUT2D eigenvalue weighted by molar-refractivity contribution is 5.89. The van der Waals surface area contributed by atoms with Gasteiger partial charge in [-0.05, 0) is 19.4 Å². The zero-order valence-electron chi connectivity index (χ0n) is 11.3. The molecule has 2 heterocycles. The normalized spacial score (nSPS) is 30.2. The zero-order chi connectivity index (χ0) is 14.9. The highest BCUT2D eigenvalue weighted by atomic mass is 16.6. The summed E-state index contributed by atoms with van der Waals surface area (Å²) in [5.74, 6) is -0.352. The first-order valence-electron chi connectivity index (χ1n) is 6.39. The third-order valence-corrected chi connectivity index (χ3v) is 3.81. The molecule has 108 valence electrons. The monoisotopic (exact) mass is 280 g/mol. The maximum atomic E-state index is 12.1. The fourth-order valence-electron chi connectivity index (χ4n) is 2.47. The second kappa shape index (κ2) is 5.26. The average Bonchev–Trinajstić information content (AvgIpc) is 2.44. The van der Waals surface area contributed by atoms with Crippen LogP contribution < -0.4 is 0 Å². The van der Waals surface area contributed by atoms with E-state index in [0.717, 1.165) is 6.20 Å². The van der Waals surface area contributed by atoms with E-state index < -0.39 is 22.7 Å². The van der Waals surface area contributed by atoms with Crippen molar-refractivity contribution in [1.29, 1.82) is 0 Å². The van der Waals surface area contributed by atoms with Crippen molar-refractivity contribution in [3.63, 3.8) is 0 Å². The molecule has 20 heavy (non-hydrogen) atoms. The van der Waals surface area contributed by atoms with Crippen LogP contribution in [-0.2, 0) is 9.53 Å². The first-order chi connectivity index (χ1) is 9.40. The van der Waals surface area contributed by atoms with Gasteiger partial charge < -0.3 is 9.84 Å². The molecule has 0 amide bonds. The Labute approximate surface area is 115 Å². The van der Waals surface area contributed by atoms with Crippen LogP contribution in [0.5, 0.6) is 0 Å². The van der Waals surface area contributed by atoms with Crippen LogP contribution in [0.3, 0.4) is 0 Å². The van der Waals surface area contributed by atoms with Crippen molar-refractivity contribution in [3.8, 4) is 0 Å². The van der Waals surface area contributed by atoms with Gasteiger partial charge in [-0.1, -0.05) is 6.92 Å². The van der Waals surface area contributed by atoms with Crippen LogP contribution >= 0.6 is 0 Å². The molecular formula is C13H16N2O5. The predicted octanol–water partition coefficient (Wildman–Crippen LogP) is 1.55. The van der Waals surface area contributed by atoms with E-state index in [-0.39, 0.29) is 24.3 Å². The van der Waals surface area contributed by atoms with Crippen LogP contribution in [0.15, 0.2) is 18.5 Å². The molecule has 0 aliphatic carbocycles. The molecule has 0 saturated carbocycles. The van der Waals surface area contributed by atoms with Gasteiger partial charge in [0.25, 0.3) is 5.69 Å². The predicted molar refractivity (Wildman–Crippen MR) is 69.0 cm³/mol. The van der Waals surface area contributed by atoms with Crippen molar-refractivity contribution < 1.29 is 19.6 Å². The van der Waals surface area contributed by atoms with Gasteiger partial charge in [-0.15, -0.1) is 0 Å². The first kappa shape index (κ1) is 14.5. The van der Waals surface area contributed by atoms with E-state index in [1.807, 2.05) is 0 Å². The zero-order valence-corrected chi connectivity index (χ0v) is 11.3. The van der Waals surface area contributed by atoms with Crippen LogP contribution in [0.2, 0.25) is 0 Å². The number of aromatic nitrogens is 1. The molecule has 0 aromatic carbocycles. The number of rotatable bonds is 3. The van der Waals surface area contributed by atoms with Crippen molar-refractivity contribution in [2.75, 3.05) is 0 Å². The van der Waals surface area contributed by atoms with E-state index in [0.29, 0.717) is 5.56 Å². The Morgan fingerprint density at radius 2 is 2.35 bits per heavy atom. The van der Waals surface area contributed by atoms with Crippen molar-refractivity contribution in [3.05, 3.63) is 34.1 Å². The number of nitrogens with zero attached hydrogens (tertiary/aromatic N) is 2. The number of ether oxygens (including phenoxy) is 1. The van der Waals surface area contributed by atoms with Gasteiger partial charge in [0.2, 0.25) is 0 Å². The summed E-state index contributed by atoms with van der Waals surface area (Å²) < 4.78 is 5.64. The van der Waals surface area contributed by atoms with Crippen LogP contribution in [0.25, 0.3) is 0 Å². The molecular weight excluding hydrogens is 264 g/mol. The summed E-state index contributed by atoms with van der Waals surface area (Å²) in [6.45, 7) is 3.30. The molecule has 1 aliphatic rings. The van der Waals surface area contributed by atoms with Crippen LogP contribution in [0.4, 0.5) is 5.69 Å². The maximum Gasteiger partial charge on any atom is 0.293 e. The second-order valence-corrected chi connectivity index (χ2v) is 4.86. The number of hydrogen-bond acceptors (Lipinski definition) is 6. The molecule has 7 nitrogen and oxygen atoms in total. The fourth-order valence-corrected chi connectivity index (χ4v) is 2.47. The van der Waals surface area contributed by atoms with Gasteiger partial charge >= 0.3 is 0 Å². The molecule has 2 rings (SSSR count). The highest BCUT2D eigenvalue weighted by Crippen LogP contribution is 2.38. The van der Waals surface area contributed by atoms with E-state index in [1.54, 1.807) is 13.8 Å². The van der Waals surface area contributed by atoms with Gasteiger partial charge in [-0.3, -0.25) is 19.9 Å². The Bertz CT molecular complexity index is 547. The SMILES string of the molecule is CC[C@@]1(O)C(=O)C[C@H](c2ccncc2[N+](=O)[O-])O[C@@H]1C. The Hall–Kier alpha value is -1.86. The smallest absolute Gasteiger partial charge is 0.293 e. The summed E-state index contributed by atoms with van der Waals surface area (Å²) in [5, 5.41) is 21.2. The number of ketones is 1. The molecule has 3 atom stereocenters. The molecule has 1 aliphatic heterocycles. The summed E-state index contributed by atoms with van der Waals surface area (Å²) in [6, 6.07) is 1.47. The van der Waals surface area contributed by atoms with E-state index in [1.165, 1.54) is 12.3 Å². The highest BCUT2D eigenvalue weighted by Gasteiger charge is 2.47. The molecule has 0 radical (unpaired) electrons. The Kier molecular flexibility index (Phi) is 3.82. The van der Waals surface area contributed by atoms with Crippen LogP contribution in [-0.4, -0.2) is 32.5 Å². The van der Waals surface area contributed by atoms with Crippen molar-refractivity contribution >= 4 is 11.5 Å². The number of carbonyl (C=O) groups is 1. The van der Waals surface area contributed by atoms with E-state index in [4.69, 9.17) is 4.74 Å². The van der Waals surface area contributed by atoms with Crippen LogP contribution in [0.1, 0.15) is 38.4 Å². The van der Waals surface area contributed by atoms with Gasteiger partial charge in [0.1, 0.15) is 11.8 Å². The molecule has 0 unspecified atom stereocenters. The summed E-state index contributed by atoms with van der Waals surface area (Å²) in [4.78, 5) is 26.3. The van der Waals surface area contributed by atoms with Crippen molar-refractivity contribution in [2.24, 2.45) is 0 Å². The molecule has 1 aromatic rings. The Morgan fingerprint density at radius 1 is 1.65 bits per heavy atom. The van der Waals surface area contributed by atoms with Crippen LogP contribution in [0, 0.1) is 10.1 Å². The lowest BCUT2D eigenvalue weighted by Gasteiger charge is -2.39. The fraction of sp³-hybridized carbons (Fsp3) is 0.538. The molecule has 0 spiro atoms. The lowest BCUT2D eigenvalue weighted by atomic mass is 9.82. The van der Waals surface area contributed by atoms with Gasteiger partial charge in [-0.2, -0.15) is 0 Å². The number of Topliss-reactive ketones (excluding diaryl/α,β-unsaturated/α-hetero) is 1. The summed E-state index contributed by atoms with van der Waals surface area (Å²) in [6.07, 6.45) is 1.27. The number of aliphatic hydroxyl groups is 1. The van der Waals surface area contributed by atoms with Gasteiger partial charge in [0.05, 0.1) is 22.7 Å². The van der Waals surface area contributed by atoms with E-state index in [2.05, 4.69) is 4.98 Å². The Morgan fingerprint density at radius 3 is 2.90 bits per heavy atom. The maximum absolute atomic E-state index is 12.1.